The first-order valence-corrected chi connectivity index (χ1v) is 8.30. The molecule has 1 fully saturated rings. The standard InChI is InChI=1S/C16H27N5/c1-13(2)20-6-8-21(9-7-20)16-18-11-15(12-19-16)14-4-3-5-17-10-14/h5,11,13-15H,3-4,6-10,12H2,1-2H3. The van der Waals surface area contributed by atoms with E-state index in [0.717, 1.165) is 51.6 Å². The molecule has 5 heteroatoms. The van der Waals surface area contributed by atoms with Gasteiger partial charge >= 0.3 is 0 Å². The number of hydrogen-bond acceptors (Lipinski definition) is 5. The molecule has 0 aromatic carbocycles. The van der Waals surface area contributed by atoms with Crippen LogP contribution in [-0.2, 0) is 0 Å². The fourth-order valence-corrected chi connectivity index (χ4v) is 3.36. The van der Waals surface area contributed by atoms with Crippen LogP contribution in [0.3, 0.4) is 0 Å². The van der Waals surface area contributed by atoms with Gasteiger partial charge in [-0.2, -0.15) is 0 Å². The maximum atomic E-state index is 4.75. The smallest absolute Gasteiger partial charge is 0.220 e. The highest BCUT2D eigenvalue weighted by molar-refractivity contribution is 5.90. The highest BCUT2D eigenvalue weighted by atomic mass is 15.3. The first-order valence-electron chi connectivity index (χ1n) is 8.30. The van der Waals surface area contributed by atoms with Gasteiger partial charge in [0.25, 0.3) is 0 Å². The van der Waals surface area contributed by atoms with Gasteiger partial charge in [-0.05, 0) is 38.8 Å². The van der Waals surface area contributed by atoms with Gasteiger partial charge in [-0.3, -0.25) is 14.9 Å². The minimum Gasteiger partial charge on any atom is -0.339 e. The molecule has 0 spiro atoms. The Morgan fingerprint density at radius 1 is 1.14 bits per heavy atom. The monoisotopic (exact) mass is 289 g/mol. The van der Waals surface area contributed by atoms with Crippen LogP contribution in [0, 0.1) is 11.8 Å². The summed E-state index contributed by atoms with van der Waals surface area (Å²) in [6.45, 7) is 10.7. The highest BCUT2D eigenvalue weighted by Crippen LogP contribution is 2.22. The summed E-state index contributed by atoms with van der Waals surface area (Å²) in [5.41, 5.74) is 0. The summed E-state index contributed by atoms with van der Waals surface area (Å²) in [6, 6.07) is 0.639. The Kier molecular flexibility index (Phi) is 4.68. The molecule has 3 aliphatic rings. The first-order chi connectivity index (χ1) is 10.2. The molecular weight excluding hydrogens is 262 g/mol. The summed E-state index contributed by atoms with van der Waals surface area (Å²) in [5.74, 6) is 2.08. The second-order valence-corrected chi connectivity index (χ2v) is 6.58. The number of aliphatic imine (C=N–C) groups is 3. The zero-order valence-electron chi connectivity index (χ0n) is 13.3. The van der Waals surface area contributed by atoms with E-state index in [9.17, 15) is 0 Å². The van der Waals surface area contributed by atoms with Gasteiger partial charge in [0.2, 0.25) is 5.96 Å². The molecular formula is C16H27N5. The van der Waals surface area contributed by atoms with Crippen molar-refractivity contribution in [3.05, 3.63) is 0 Å². The number of rotatable bonds is 2. The van der Waals surface area contributed by atoms with E-state index in [2.05, 4.69) is 46.1 Å². The Balaban J connectivity index is 1.52. The van der Waals surface area contributed by atoms with E-state index in [1.165, 1.54) is 6.42 Å². The minimum atomic E-state index is 0.489. The van der Waals surface area contributed by atoms with Crippen molar-refractivity contribution in [1.29, 1.82) is 0 Å². The van der Waals surface area contributed by atoms with Crippen molar-refractivity contribution in [2.45, 2.75) is 32.7 Å². The van der Waals surface area contributed by atoms with Gasteiger partial charge in [0.15, 0.2) is 0 Å². The summed E-state index contributed by atoms with van der Waals surface area (Å²) < 4.78 is 0. The van der Waals surface area contributed by atoms with Crippen molar-refractivity contribution in [1.82, 2.24) is 9.80 Å². The SMILES string of the molecule is CC(C)N1CCN(C2=NCC(C3CCC=NC3)C=N2)CC1. The van der Waals surface area contributed by atoms with E-state index in [0.29, 0.717) is 17.9 Å². The van der Waals surface area contributed by atoms with Crippen LogP contribution >= 0.6 is 0 Å². The van der Waals surface area contributed by atoms with E-state index in [-0.39, 0.29) is 0 Å². The molecule has 3 heterocycles. The fourth-order valence-electron chi connectivity index (χ4n) is 3.36. The van der Waals surface area contributed by atoms with Gasteiger partial charge in [0.05, 0.1) is 6.54 Å². The predicted octanol–water partition coefficient (Wildman–Crippen LogP) is 1.55. The van der Waals surface area contributed by atoms with E-state index in [1.807, 2.05) is 0 Å². The average molecular weight is 289 g/mol. The zero-order valence-corrected chi connectivity index (χ0v) is 13.3. The van der Waals surface area contributed by atoms with Crippen LogP contribution in [0.25, 0.3) is 0 Å². The third-order valence-electron chi connectivity index (χ3n) is 4.89. The topological polar surface area (TPSA) is 43.6 Å². The number of hydrogen-bond donors (Lipinski definition) is 0. The Morgan fingerprint density at radius 2 is 1.95 bits per heavy atom. The lowest BCUT2D eigenvalue weighted by molar-refractivity contribution is 0.147. The van der Waals surface area contributed by atoms with Gasteiger partial charge in [0.1, 0.15) is 0 Å². The van der Waals surface area contributed by atoms with E-state index < -0.39 is 0 Å². The molecule has 0 radical (unpaired) electrons. The molecule has 21 heavy (non-hydrogen) atoms. The molecule has 3 rings (SSSR count). The van der Waals surface area contributed by atoms with Crippen LogP contribution in [0.4, 0.5) is 0 Å². The van der Waals surface area contributed by atoms with Crippen LogP contribution in [-0.4, -0.2) is 73.5 Å². The first kappa shape index (κ1) is 14.7. The molecule has 0 N–H and O–H groups in total. The highest BCUT2D eigenvalue weighted by Gasteiger charge is 2.26. The molecule has 116 valence electrons. The Morgan fingerprint density at radius 3 is 2.52 bits per heavy atom. The predicted molar refractivity (Wildman–Crippen MR) is 88.6 cm³/mol. The number of piperazine rings is 1. The molecule has 3 aliphatic heterocycles. The quantitative estimate of drug-likeness (QED) is 0.774. The second-order valence-electron chi connectivity index (χ2n) is 6.58. The average Bonchev–Trinajstić information content (AvgIpc) is 2.56. The second kappa shape index (κ2) is 6.69. The van der Waals surface area contributed by atoms with Crippen molar-refractivity contribution in [2.75, 3.05) is 39.3 Å². The summed E-state index contributed by atoms with van der Waals surface area (Å²) in [6.07, 6.45) is 6.54. The van der Waals surface area contributed by atoms with Crippen molar-refractivity contribution in [2.24, 2.45) is 26.8 Å². The molecule has 0 bridgehead atoms. The molecule has 0 saturated carbocycles. The lowest BCUT2D eigenvalue weighted by Crippen LogP contribution is -2.51. The molecule has 2 atom stereocenters. The Labute approximate surface area is 127 Å². The van der Waals surface area contributed by atoms with Gasteiger partial charge < -0.3 is 4.90 Å². The molecule has 5 nitrogen and oxygen atoms in total. The van der Waals surface area contributed by atoms with Crippen LogP contribution in [0.15, 0.2) is 15.0 Å². The zero-order chi connectivity index (χ0) is 14.7. The fraction of sp³-hybridized carbons (Fsp3) is 0.812. The van der Waals surface area contributed by atoms with Gasteiger partial charge in [-0.25, -0.2) is 4.99 Å². The summed E-state index contributed by atoms with van der Waals surface area (Å²) >= 11 is 0. The number of nitrogens with zero attached hydrogens (tertiary/aromatic N) is 5. The third-order valence-corrected chi connectivity index (χ3v) is 4.89. The van der Waals surface area contributed by atoms with Crippen molar-refractivity contribution in [3.8, 4) is 0 Å². The minimum absolute atomic E-state index is 0.489. The van der Waals surface area contributed by atoms with Gasteiger partial charge in [-0.1, -0.05) is 0 Å². The van der Waals surface area contributed by atoms with Crippen LogP contribution in [0.1, 0.15) is 26.7 Å². The third kappa shape index (κ3) is 3.51. The maximum absolute atomic E-state index is 4.75. The molecule has 0 aromatic heterocycles. The van der Waals surface area contributed by atoms with Crippen LogP contribution < -0.4 is 0 Å². The largest absolute Gasteiger partial charge is 0.339 e. The van der Waals surface area contributed by atoms with Crippen molar-refractivity contribution < 1.29 is 0 Å². The van der Waals surface area contributed by atoms with E-state index in [1.54, 1.807) is 0 Å². The summed E-state index contributed by atoms with van der Waals surface area (Å²) in [7, 11) is 0. The molecule has 0 aromatic rings. The molecule has 0 aliphatic carbocycles. The Hall–Kier alpha value is -1.23. The van der Waals surface area contributed by atoms with E-state index in [4.69, 9.17) is 4.99 Å². The molecule has 1 saturated heterocycles. The van der Waals surface area contributed by atoms with Crippen LogP contribution in [0.2, 0.25) is 0 Å². The lowest BCUT2D eigenvalue weighted by Gasteiger charge is -2.38. The van der Waals surface area contributed by atoms with Gasteiger partial charge in [0, 0.05) is 50.9 Å². The number of guanidine groups is 1. The maximum Gasteiger partial charge on any atom is 0.220 e. The van der Waals surface area contributed by atoms with Crippen molar-refractivity contribution >= 4 is 18.4 Å². The van der Waals surface area contributed by atoms with E-state index >= 15 is 0 Å². The summed E-state index contributed by atoms with van der Waals surface area (Å²) in [4.78, 5) is 18.7. The lowest BCUT2D eigenvalue weighted by atomic mass is 9.87. The van der Waals surface area contributed by atoms with Gasteiger partial charge in [-0.15, -0.1) is 0 Å². The molecule has 0 amide bonds. The summed E-state index contributed by atoms with van der Waals surface area (Å²) in [5, 5.41) is 0. The van der Waals surface area contributed by atoms with Crippen molar-refractivity contribution in [3.63, 3.8) is 0 Å². The Bertz CT molecular complexity index is 432. The normalized spacial score (nSPS) is 30.8. The molecule has 2 unspecified atom stereocenters. The van der Waals surface area contributed by atoms with Crippen LogP contribution in [0.5, 0.6) is 0 Å².